The van der Waals surface area contributed by atoms with Crippen molar-refractivity contribution in [3.8, 4) is 11.4 Å². The van der Waals surface area contributed by atoms with Gasteiger partial charge in [0.25, 0.3) is 0 Å². The van der Waals surface area contributed by atoms with E-state index < -0.39 is 10.0 Å². The largest absolute Gasteiger partial charge is 0.338 e. The molecule has 3 aromatic rings. The summed E-state index contributed by atoms with van der Waals surface area (Å²) in [5.41, 5.74) is 0.716. The molecule has 7 nitrogen and oxygen atoms in total. The van der Waals surface area contributed by atoms with Crippen LogP contribution in [0.25, 0.3) is 11.4 Å². The van der Waals surface area contributed by atoms with Crippen LogP contribution in [0.2, 0.25) is 10.0 Å². The van der Waals surface area contributed by atoms with Gasteiger partial charge >= 0.3 is 0 Å². The van der Waals surface area contributed by atoms with E-state index >= 15 is 0 Å². The molecule has 0 aliphatic heterocycles. The van der Waals surface area contributed by atoms with Crippen molar-refractivity contribution >= 4 is 33.2 Å². The monoisotopic (exact) mass is 398 g/mol. The van der Waals surface area contributed by atoms with E-state index in [1.54, 1.807) is 24.5 Å². The molecule has 0 bridgehead atoms. The van der Waals surface area contributed by atoms with E-state index in [4.69, 9.17) is 27.7 Å². The molecule has 2 aromatic heterocycles. The van der Waals surface area contributed by atoms with E-state index in [9.17, 15) is 8.42 Å². The Morgan fingerprint density at radius 3 is 2.60 bits per heavy atom. The maximum Gasteiger partial charge on any atom is 0.244 e. The highest BCUT2D eigenvalue weighted by Gasteiger charge is 2.26. The minimum absolute atomic E-state index is 0.0826. The van der Waals surface area contributed by atoms with Gasteiger partial charge in [0.1, 0.15) is 4.90 Å². The van der Waals surface area contributed by atoms with Crippen LogP contribution in [0.1, 0.15) is 5.89 Å². The first-order valence-corrected chi connectivity index (χ1v) is 9.22. The van der Waals surface area contributed by atoms with Crippen LogP contribution in [0.4, 0.5) is 0 Å². The minimum Gasteiger partial charge on any atom is -0.338 e. The standard InChI is InChI=1S/C15H12Cl2N4O3S/c1-21(25(22,23)13-8-11(16)2-3-12(13)17)9-14-19-15(20-24-14)10-4-6-18-7-5-10/h2-8H,9H2,1H3. The van der Waals surface area contributed by atoms with E-state index in [2.05, 4.69) is 15.1 Å². The second-order valence-corrected chi connectivity index (χ2v) is 7.94. The van der Waals surface area contributed by atoms with Crippen LogP contribution in [0.15, 0.2) is 52.1 Å². The highest BCUT2D eigenvalue weighted by atomic mass is 35.5. The van der Waals surface area contributed by atoms with Gasteiger partial charge in [-0.2, -0.15) is 9.29 Å². The van der Waals surface area contributed by atoms with Crippen molar-refractivity contribution in [2.24, 2.45) is 0 Å². The van der Waals surface area contributed by atoms with Crippen molar-refractivity contribution in [2.75, 3.05) is 7.05 Å². The molecule has 0 unspecified atom stereocenters. The van der Waals surface area contributed by atoms with E-state index in [0.717, 1.165) is 4.31 Å². The molecule has 0 atom stereocenters. The SMILES string of the molecule is CN(Cc1nc(-c2ccncc2)no1)S(=O)(=O)c1cc(Cl)ccc1Cl. The summed E-state index contributed by atoms with van der Waals surface area (Å²) in [5, 5.41) is 4.20. The van der Waals surface area contributed by atoms with E-state index in [0.29, 0.717) is 11.4 Å². The van der Waals surface area contributed by atoms with Crippen LogP contribution < -0.4 is 0 Å². The molecule has 0 saturated carbocycles. The fourth-order valence-electron chi connectivity index (χ4n) is 2.06. The first-order valence-electron chi connectivity index (χ1n) is 7.02. The van der Waals surface area contributed by atoms with Gasteiger partial charge in [0.2, 0.25) is 21.7 Å². The average molecular weight is 399 g/mol. The molecule has 1 aromatic carbocycles. The number of rotatable bonds is 5. The molecule has 0 radical (unpaired) electrons. The lowest BCUT2D eigenvalue weighted by Crippen LogP contribution is -2.27. The number of hydrogen-bond acceptors (Lipinski definition) is 6. The second-order valence-electron chi connectivity index (χ2n) is 5.08. The number of halogens is 2. The van der Waals surface area contributed by atoms with Gasteiger partial charge in [-0.25, -0.2) is 8.42 Å². The molecule has 2 heterocycles. The number of benzene rings is 1. The predicted molar refractivity (Wildman–Crippen MR) is 92.6 cm³/mol. The number of aromatic nitrogens is 3. The zero-order chi connectivity index (χ0) is 18.0. The third-order valence-electron chi connectivity index (χ3n) is 3.35. The number of nitrogens with zero attached hydrogens (tertiary/aromatic N) is 4. The average Bonchev–Trinajstić information content (AvgIpc) is 3.06. The van der Waals surface area contributed by atoms with Crippen molar-refractivity contribution in [3.05, 3.63) is 58.7 Å². The summed E-state index contributed by atoms with van der Waals surface area (Å²) in [7, 11) is -2.47. The molecule has 0 spiro atoms. The Labute approximate surface area is 154 Å². The molecule has 0 saturated heterocycles. The van der Waals surface area contributed by atoms with Gasteiger partial charge in [-0.1, -0.05) is 28.4 Å². The predicted octanol–water partition coefficient (Wildman–Crippen LogP) is 3.26. The Bertz CT molecular complexity index is 993. The Balaban J connectivity index is 1.83. The first kappa shape index (κ1) is 17.8. The van der Waals surface area contributed by atoms with Gasteiger partial charge in [-0.05, 0) is 30.3 Å². The molecule has 0 aliphatic carbocycles. The summed E-state index contributed by atoms with van der Waals surface area (Å²) in [4.78, 5) is 8.02. The van der Waals surface area contributed by atoms with Gasteiger partial charge in [-0.15, -0.1) is 0 Å². The van der Waals surface area contributed by atoms with Gasteiger partial charge in [-0.3, -0.25) is 4.98 Å². The third-order valence-corrected chi connectivity index (χ3v) is 5.87. The Morgan fingerprint density at radius 2 is 1.88 bits per heavy atom. The summed E-state index contributed by atoms with van der Waals surface area (Å²) < 4.78 is 31.5. The van der Waals surface area contributed by atoms with Crippen LogP contribution in [0.3, 0.4) is 0 Å². The normalized spacial score (nSPS) is 11.8. The Hall–Kier alpha value is -2.00. The molecule has 3 rings (SSSR count). The van der Waals surface area contributed by atoms with Gasteiger partial charge in [0.15, 0.2) is 0 Å². The lowest BCUT2D eigenvalue weighted by atomic mass is 10.2. The fraction of sp³-hybridized carbons (Fsp3) is 0.133. The molecule has 0 aliphatic rings. The second kappa shape index (κ2) is 7.09. The molecule has 0 N–H and O–H groups in total. The summed E-state index contributed by atoms with van der Waals surface area (Å²) in [5.74, 6) is 0.500. The summed E-state index contributed by atoms with van der Waals surface area (Å²) in [6, 6.07) is 7.69. The Kier molecular flexibility index (Phi) is 5.05. The molecule has 130 valence electrons. The van der Waals surface area contributed by atoms with Crippen molar-refractivity contribution in [1.82, 2.24) is 19.4 Å². The van der Waals surface area contributed by atoms with Crippen LogP contribution >= 0.6 is 23.2 Å². The van der Waals surface area contributed by atoms with Crippen LogP contribution in [-0.4, -0.2) is 34.9 Å². The molecule has 0 amide bonds. The fourth-order valence-corrected chi connectivity index (χ4v) is 3.91. The topological polar surface area (TPSA) is 89.2 Å². The summed E-state index contributed by atoms with van der Waals surface area (Å²) in [6.45, 7) is -0.108. The van der Waals surface area contributed by atoms with Crippen LogP contribution in [0, 0.1) is 0 Å². The highest BCUT2D eigenvalue weighted by molar-refractivity contribution is 7.89. The zero-order valence-electron chi connectivity index (χ0n) is 12.9. The third kappa shape index (κ3) is 3.82. The minimum atomic E-state index is -3.87. The summed E-state index contributed by atoms with van der Waals surface area (Å²) in [6.07, 6.45) is 3.20. The van der Waals surface area contributed by atoms with Crippen LogP contribution in [0.5, 0.6) is 0 Å². The lowest BCUT2D eigenvalue weighted by Gasteiger charge is -2.16. The lowest BCUT2D eigenvalue weighted by molar-refractivity contribution is 0.337. The maximum atomic E-state index is 12.7. The molecule has 0 fully saturated rings. The number of pyridine rings is 1. The van der Waals surface area contributed by atoms with Crippen molar-refractivity contribution in [2.45, 2.75) is 11.4 Å². The van der Waals surface area contributed by atoms with Crippen molar-refractivity contribution < 1.29 is 12.9 Å². The van der Waals surface area contributed by atoms with E-state index in [1.165, 1.54) is 25.2 Å². The molecular weight excluding hydrogens is 387 g/mol. The summed E-state index contributed by atoms with van der Waals surface area (Å²) >= 11 is 11.9. The van der Waals surface area contributed by atoms with Crippen molar-refractivity contribution in [1.29, 1.82) is 0 Å². The van der Waals surface area contributed by atoms with Crippen molar-refractivity contribution in [3.63, 3.8) is 0 Å². The smallest absolute Gasteiger partial charge is 0.244 e. The van der Waals surface area contributed by atoms with E-state index in [1.807, 2.05) is 0 Å². The van der Waals surface area contributed by atoms with E-state index in [-0.39, 0.29) is 27.4 Å². The molecule has 25 heavy (non-hydrogen) atoms. The van der Waals surface area contributed by atoms with Gasteiger partial charge < -0.3 is 4.52 Å². The number of sulfonamides is 1. The number of hydrogen-bond donors (Lipinski definition) is 0. The Morgan fingerprint density at radius 1 is 1.16 bits per heavy atom. The quantitative estimate of drug-likeness (QED) is 0.654. The van der Waals surface area contributed by atoms with Gasteiger partial charge in [0, 0.05) is 30.0 Å². The first-order chi connectivity index (χ1) is 11.9. The highest BCUT2D eigenvalue weighted by Crippen LogP contribution is 2.28. The molecular formula is C15H12Cl2N4O3S. The molecule has 10 heteroatoms. The zero-order valence-corrected chi connectivity index (χ0v) is 15.3. The van der Waals surface area contributed by atoms with Crippen LogP contribution in [-0.2, 0) is 16.6 Å². The maximum absolute atomic E-state index is 12.7. The van der Waals surface area contributed by atoms with Gasteiger partial charge in [0.05, 0.1) is 11.6 Å².